The van der Waals surface area contributed by atoms with Gasteiger partial charge in [0.2, 0.25) is 21.7 Å². The van der Waals surface area contributed by atoms with Crippen LogP contribution in [0.15, 0.2) is 21.2 Å². The monoisotopic (exact) mass is 497 g/mol. The first-order valence-corrected chi connectivity index (χ1v) is 12.8. The Hall–Kier alpha value is -1.44. The number of rotatable bonds is 5. The summed E-state index contributed by atoms with van der Waals surface area (Å²) in [7, 11) is -6.98. The molecule has 2 saturated heterocycles. The zero-order valence-corrected chi connectivity index (χ0v) is 18.4. The fourth-order valence-corrected chi connectivity index (χ4v) is 7.30. The van der Waals surface area contributed by atoms with Gasteiger partial charge in [0.1, 0.15) is 0 Å². The normalized spacial score (nSPS) is 27.4. The van der Waals surface area contributed by atoms with E-state index >= 15 is 0 Å². The maximum atomic E-state index is 12.6. The van der Waals surface area contributed by atoms with Gasteiger partial charge in [0.25, 0.3) is 5.91 Å². The van der Waals surface area contributed by atoms with Crippen LogP contribution in [0.4, 0.5) is 0 Å². The van der Waals surface area contributed by atoms with Crippen molar-refractivity contribution < 1.29 is 30.8 Å². The molecule has 2 amide bonds. The lowest BCUT2D eigenvalue weighted by Crippen LogP contribution is -2.56. The van der Waals surface area contributed by atoms with Gasteiger partial charge in [-0.15, -0.1) is 0 Å². The van der Waals surface area contributed by atoms with E-state index in [1.54, 1.807) is 6.07 Å². The van der Waals surface area contributed by atoms with E-state index < -0.39 is 49.2 Å². The Labute approximate surface area is 171 Å². The predicted molar refractivity (Wildman–Crippen MR) is 103 cm³/mol. The largest absolute Gasteiger partial charge is 0.458 e. The lowest BCUT2D eigenvalue weighted by molar-refractivity contribution is -0.131. The molecule has 1 aromatic heterocycles. The zero-order chi connectivity index (χ0) is 20.9. The molecule has 1 unspecified atom stereocenters. The summed E-state index contributed by atoms with van der Waals surface area (Å²) < 4.78 is 54.9. The van der Waals surface area contributed by atoms with Gasteiger partial charge in [-0.2, -0.15) is 0 Å². The van der Waals surface area contributed by atoms with Crippen molar-refractivity contribution in [1.82, 2.24) is 14.9 Å². The number of nitrogens with zero attached hydrogens (tertiary/aromatic N) is 1. The maximum Gasteiger partial charge on any atom is 0.288 e. The van der Waals surface area contributed by atoms with Gasteiger partial charge in [-0.05, 0) is 28.9 Å². The Morgan fingerprint density at radius 1 is 1.43 bits per heavy atom. The number of hydrogen-bond donors (Lipinski definition) is 2. The minimum absolute atomic E-state index is 0.00862. The quantitative estimate of drug-likeness (QED) is 0.549. The van der Waals surface area contributed by atoms with Crippen molar-refractivity contribution in [2.24, 2.45) is 5.92 Å². The van der Waals surface area contributed by atoms with Crippen LogP contribution in [0.3, 0.4) is 0 Å². The van der Waals surface area contributed by atoms with E-state index in [1.807, 2.05) is 0 Å². The van der Waals surface area contributed by atoms with E-state index in [9.17, 15) is 26.4 Å². The van der Waals surface area contributed by atoms with Gasteiger partial charge < -0.3 is 14.6 Å². The van der Waals surface area contributed by atoms with Crippen LogP contribution in [-0.2, 0) is 24.7 Å². The summed E-state index contributed by atoms with van der Waals surface area (Å²) >= 11 is 3.19. The number of nitrogens with one attached hydrogen (secondary N) is 2. The average molecular weight is 498 g/mol. The lowest BCUT2D eigenvalue weighted by Gasteiger charge is -2.29. The molecule has 2 N–H and O–H groups in total. The molecule has 3 atom stereocenters. The second-order valence-corrected chi connectivity index (χ2v) is 12.0. The second kappa shape index (κ2) is 7.11. The van der Waals surface area contributed by atoms with Crippen LogP contribution in [-0.4, -0.2) is 76.0 Å². The second-order valence-electron chi connectivity index (χ2n) is 7.29. The van der Waals surface area contributed by atoms with Gasteiger partial charge in [-0.25, -0.2) is 21.6 Å². The van der Waals surface area contributed by atoms with Crippen molar-refractivity contribution in [1.29, 1.82) is 0 Å². The molecule has 2 aliphatic heterocycles. The molecule has 10 nitrogen and oxygen atoms in total. The van der Waals surface area contributed by atoms with Gasteiger partial charge in [0.05, 0.1) is 40.1 Å². The van der Waals surface area contributed by atoms with E-state index in [2.05, 4.69) is 26.0 Å². The third-order valence-electron chi connectivity index (χ3n) is 4.89. The van der Waals surface area contributed by atoms with E-state index in [0.29, 0.717) is 4.47 Å². The number of furan rings is 1. The van der Waals surface area contributed by atoms with Crippen LogP contribution in [0.25, 0.3) is 0 Å². The molecule has 156 valence electrons. The molecule has 2 fully saturated rings. The smallest absolute Gasteiger partial charge is 0.288 e. The first-order valence-electron chi connectivity index (χ1n) is 8.34. The number of fused-ring (bicyclic) bond motifs is 1. The number of carbonyl (C=O) groups excluding carboxylic acids is 2. The molecule has 2 aliphatic rings. The number of halogens is 1. The van der Waals surface area contributed by atoms with E-state index in [-0.39, 0.29) is 30.4 Å². The highest BCUT2D eigenvalue weighted by Crippen LogP contribution is 2.37. The summed E-state index contributed by atoms with van der Waals surface area (Å²) in [5.74, 6) is -2.02. The van der Waals surface area contributed by atoms with Gasteiger partial charge in [-0.1, -0.05) is 0 Å². The number of sulfonamides is 1. The summed E-state index contributed by atoms with van der Waals surface area (Å²) in [5.41, 5.74) is -1.15. The topological polar surface area (TPSA) is 143 Å². The zero-order valence-electron chi connectivity index (χ0n) is 15.1. The standard InChI is InChI=1S/C15H20BrN3O7S2/c1-9(18-27(2,22)23)14(21)19-5-10-6-28(24,25)8-15(10,7-19)17-13(20)12-11(16)3-4-26-12/h3-4,9-10,18H,5-8H2,1-2H3,(H,17,20)/t9?,10-,15-/m1/s1. The Morgan fingerprint density at radius 2 is 2.11 bits per heavy atom. The Bertz CT molecular complexity index is 1020. The van der Waals surface area contributed by atoms with Crippen LogP contribution in [0, 0.1) is 5.92 Å². The molecule has 0 spiro atoms. The van der Waals surface area contributed by atoms with Gasteiger partial charge in [-0.3, -0.25) is 9.59 Å². The SMILES string of the molecule is CC(NS(C)(=O)=O)C(=O)N1C[C@@H]2CS(=O)(=O)C[C@]2(NC(=O)c2occc2Br)C1. The third kappa shape index (κ3) is 4.26. The van der Waals surface area contributed by atoms with Crippen LogP contribution >= 0.6 is 15.9 Å². The van der Waals surface area contributed by atoms with Crippen LogP contribution in [0.1, 0.15) is 17.5 Å². The van der Waals surface area contributed by atoms with E-state index in [1.165, 1.54) is 18.1 Å². The highest BCUT2D eigenvalue weighted by molar-refractivity contribution is 9.10. The van der Waals surface area contributed by atoms with Crippen LogP contribution in [0.5, 0.6) is 0 Å². The van der Waals surface area contributed by atoms with Crippen molar-refractivity contribution in [3.63, 3.8) is 0 Å². The first kappa shape index (κ1) is 21.3. The molecular weight excluding hydrogens is 478 g/mol. The number of carbonyl (C=O) groups is 2. The maximum absolute atomic E-state index is 12.6. The van der Waals surface area contributed by atoms with Crippen molar-refractivity contribution in [2.75, 3.05) is 30.9 Å². The van der Waals surface area contributed by atoms with Crippen molar-refractivity contribution in [2.45, 2.75) is 18.5 Å². The number of amides is 2. The summed E-state index contributed by atoms with van der Waals surface area (Å²) in [4.78, 5) is 26.6. The molecule has 0 saturated carbocycles. The number of likely N-dealkylation sites (tertiary alicyclic amines) is 1. The third-order valence-corrected chi connectivity index (χ3v) is 8.16. The summed E-state index contributed by atoms with van der Waals surface area (Å²) in [6, 6.07) is 0.538. The molecule has 0 aromatic carbocycles. The fraction of sp³-hybridized carbons (Fsp3) is 0.600. The molecule has 1 aromatic rings. The minimum atomic E-state index is -3.58. The van der Waals surface area contributed by atoms with Crippen molar-refractivity contribution in [3.8, 4) is 0 Å². The number of hydrogen-bond acceptors (Lipinski definition) is 7. The average Bonchev–Trinajstić information content (AvgIpc) is 3.14. The summed E-state index contributed by atoms with van der Waals surface area (Å²) in [6.45, 7) is 1.49. The molecule has 0 bridgehead atoms. The summed E-state index contributed by atoms with van der Waals surface area (Å²) in [5, 5.41) is 2.75. The molecule has 3 rings (SSSR count). The molecular formula is C15H20BrN3O7S2. The Morgan fingerprint density at radius 3 is 2.68 bits per heavy atom. The van der Waals surface area contributed by atoms with E-state index in [0.717, 1.165) is 6.26 Å². The molecule has 13 heteroatoms. The molecule has 28 heavy (non-hydrogen) atoms. The highest BCUT2D eigenvalue weighted by atomic mass is 79.9. The molecule has 3 heterocycles. The van der Waals surface area contributed by atoms with E-state index in [4.69, 9.17) is 4.42 Å². The fourth-order valence-electron chi connectivity index (χ4n) is 3.84. The van der Waals surface area contributed by atoms with Gasteiger partial charge in [0.15, 0.2) is 9.84 Å². The molecule has 0 aliphatic carbocycles. The van der Waals surface area contributed by atoms with Gasteiger partial charge in [0, 0.05) is 19.0 Å². The van der Waals surface area contributed by atoms with Crippen LogP contribution < -0.4 is 10.0 Å². The minimum Gasteiger partial charge on any atom is -0.458 e. The lowest BCUT2D eigenvalue weighted by atomic mass is 9.90. The van der Waals surface area contributed by atoms with Crippen molar-refractivity contribution >= 4 is 47.6 Å². The predicted octanol–water partition coefficient (Wildman–Crippen LogP) is -0.665. The van der Waals surface area contributed by atoms with Crippen LogP contribution in [0.2, 0.25) is 0 Å². The number of sulfone groups is 1. The van der Waals surface area contributed by atoms with Gasteiger partial charge >= 0.3 is 0 Å². The molecule has 0 radical (unpaired) electrons. The Balaban J connectivity index is 1.82. The van der Waals surface area contributed by atoms with Crippen molar-refractivity contribution in [3.05, 3.63) is 22.6 Å². The first-order chi connectivity index (χ1) is 12.8. The summed E-state index contributed by atoms with van der Waals surface area (Å²) in [6.07, 6.45) is 2.27. The Kier molecular flexibility index (Phi) is 5.40. The highest BCUT2D eigenvalue weighted by Gasteiger charge is 2.57.